The summed E-state index contributed by atoms with van der Waals surface area (Å²) >= 11 is 0.868. The molecule has 8 heteroatoms. The molecular formula is C21H16N2O5S. The van der Waals surface area contributed by atoms with E-state index in [4.69, 9.17) is 8.83 Å². The highest BCUT2D eigenvalue weighted by atomic mass is 32.2. The van der Waals surface area contributed by atoms with Crippen molar-refractivity contribution in [2.45, 2.75) is 13.5 Å². The van der Waals surface area contributed by atoms with Crippen molar-refractivity contribution < 1.29 is 23.2 Å². The van der Waals surface area contributed by atoms with E-state index in [0.29, 0.717) is 27.9 Å². The summed E-state index contributed by atoms with van der Waals surface area (Å²) in [6.07, 6.45) is 3.06. The van der Waals surface area contributed by atoms with Gasteiger partial charge in [-0.25, -0.2) is 0 Å². The Kier molecular flexibility index (Phi) is 5.09. The van der Waals surface area contributed by atoms with Gasteiger partial charge in [-0.15, -0.1) is 0 Å². The molecule has 0 bridgehead atoms. The van der Waals surface area contributed by atoms with Gasteiger partial charge in [0.05, 0.1) is 17.7 Å². The molecule has 2 aromatic heterocycles. The normalized spacial score (nSPS) is 15.3. The monoisotopic (exact) mass is 408 g/mol. The number of hydrogen-bond acceptors (Lipinski definition) is 6. The minimum Gasteiger partial charge on any atom is -0.467 e. The number of nitrogens with one attached hydrogen (secondary N) is 1. The molecule has 146 valence electrons. The van der Waals surface area contributed by atoms with Crippen LogP contribution < -0.4 is 5.32 Å². The summed E-state index contributed by atoms with van der Waals surface area (Å²) in [4.78, 5) is 37.3. The Morgan fingerprint density at radius 1 is 1.14 bits per heavy atom. The largest absolute Gasteiger partial charge is 0.467 e. The van der Waals surface area contributed by atoms with Crippen LogP contribution in [0.2, 0.25) is 0 Å². The Labute approximate surface area is 170 Å². The fourth-order valence-corrected chi connectivity index (χ4v) is 3.65. The van der Waals surface area contributed by atoms with E-state index in [2.05, 4.69) is 5.32 Å². The number of rotatable bonds is 5. The first kappa shape index (κ1) is 18.8. The number of furan rings is 2. The van der Waals surface area contributed by atoms with E-state index in [1.165, 1.54) is 13.2 Å². The summed E-state index contributed by atoms with van der Waals surface area (Å²) in [7, 11) is 0. The zero-order chi connectivity index (χ0) is 20.4. The molecule has 0 unspecified atom stereocenters. The summed E-state index contributed by atoms with van der Waals surface area (Å²) in [6.45, 7) is 1.54. The number of imide groups is 1. The summed E-state index contributed by atoms with van der Waals surface area (Å²) in [5.41, 5.74) is 1.52. The second-order valence-corrected chi connectivity index (χ2v) is 7.30. The Morgan fingerprint density at radius 3 is 2.62 bits per heavy atom. The molecule has 0 saturated carbocycles. The van der Waals surface area contributed by atoms with Gasteiger partial charge in [0.1, 0.15) is 17.3 Å². The minimum atomic E-state index is -0.381. The molecule has 3 aromatic rings. The van der Waals surface area contributed by atoms with Gasteiger partial charge in [0, 0.05) is 24.3 Å². The second-order valence-electron chi connectivity index (χ2n) is 6.31. The number of carbonyl (C=O) groups excluding carboxylic acids is 3. The Hall–Kier alpha value is -3.52. The van der Waals surface area contributed by atoms with E-state index in [1.54, 1.807) is 42.5 Å². The lowest BCUT2D eigenvalue weighted by Crippen LogP contribution is -2.27. The van der Waals surface area contributed by atoms with Gasteiger partial charge in [-0.3, -0.25) is 19.3 Å². The van der Waals surface area contributed by atoms with Gasteiger partial charge in [-0.1, -0.05) is 0 Å². The maximum atomic E-state index is 12.5. The van der Waals surface area contributed by atoms with Crippen LogP contribution in [0.3, 0.4) is 0 Å². The maximum Gasteiger partial charge on any atom is 0.293 e. The predicted octanol–water partition coefficient (Wildman–Crippen LogP) is 4.73. The van der Waals surface area contributed by atoms with Crippen LogP contribution in [-0.2, 0) is 16.1 Å². The molecule has 4 rings (SSSR count). The van der Waals surface area contributed by atoms with E-state index in [0.717, 1.165) is 22.2 Å². The van der Waals surface area contributed by atoms with Crippen molar-refractivity contribution in [3.63, 3.8) is 0 Å². The molecule has 1 fully saturated rings. The number of benzene rings is 1. The number of nitrogens with zero attached hydrogens (tertiary/aromatic N) is 1. The molecular weight excluding hydrogens is 392 g/mol. The molecule has 1 aromatic carbocycles. The number of amides is 3. The van der Waals surface area contributed by atoms with Gasteiger partial charge in [0.2, 0.25) is 5.91 Å². The molecule has 3 heterocycles. The summed E-state index contributed by atoms with van der Waals surface area (Å²) in [5.74, 6) is 1.10. The first-order chi connectivity index (χ1) is 14.0. The average molecular weight is 408 g/mol. The smallest absolute Gasteiger partial charge is 0.293 e. The van der Waals surface area contributed by atoms with Gasteiger partial charge in [0.15, 0.2) is 0 Å². The third-order valence-corrected chi connectivity index (χ3v) is 5.06. The first-order valence-corrected chi connectivity index (χ1v) is 9.57. The maximum absolute atomic E-state index is 12.5. The van der Waals surface area contributed by atoms with Gasteiger partial charge < -0.3 is 14.2 Å². The van der Waals surface area contributed by atoms with Crippen LogP contribution in [0.4, 0.5) is 10.5 Å². The van der Waals surface area contributed by atoms with E-state index >= 15 is 0 Å². The zero-order valence-electron chi connectivity index (χ0n) is 15.4. The van der Waals surface area contributed by atoms with Crippen molar-refractivity contribution in [1.82, 2.24) is 4.90 Å². The summed E-state index contributed by atoms with van der Waals surface area (Å²) < 4.78 is 11.0. The minimum absolute atomic E-state index is 0.0963. The number of thioether (sulfide) groups is 1. The lowest BCUT2D eigenvalue weighted by Gasteiger charge is -2.09. The predicted molar refractivity (Wildman–Crippen MR) is 109 cm³/mol. The van der Waals surface area contributed by atoms with Crippen molar-refractivity contribution in [3.8, 4) is 11.3 Å². The highest BCUT2D eigenvalue weighted by Crippen LogP contribution is 2.34. The van der Waals surface area contributed by atoms with Crippen molar-refractivity contribution in [1.29, 1.82) is 0 Å². The van der Waals surface area contributed by atoms with Crippen LogP contribution >= 0.6 is 11.8 Å². The molecule has 0 aliphatic carbocycles. The van der Waals surface area contributed by atoms with E-state index in [1.807, 2.05) is 12.1 Å². The summed E-state index contributed by atoms with van der Waals surface area (Å²) in [6, 6.07) is 14.1. The Bertz CT molecular complexity index is 1100. The average Bonchev–Trinajstić information content (AvgIpc) is 3.41. The molecule has 0 radical (unpaired) electrons. The highest BCUT2D eigenvalue weighted by molar-refractivity contribution is 8.18. The van der Waals surface area contributed by atoms with Gasteiger partial charge in [-0.05, 0) is 60.3 Å². The topological polar surface area (TPSA) is 92.8 Å². The van der Waals surface area contributed by atoms with Crippen molar-refractivity contribution >= 4 is 40.6 Å². The first-order valence-electron chi connectivity index (χ1n) is 8.75. The van der Waals surface area contributed by atoms with Gasteiger partial charge >= 0.3 is 0 Å². The quantitative estimate of drug-likeness (QED) is 0.613. The molecule has 1 aliphatic heterocycles. The molecule has 29 heavy (non-hydrogen) atoms. The lowest BCUT2D eigenvalue weighted by atomic mass is 10.1. The number of hydrogen-bond donors (Lipinski definition) is 1. The Morgan fingerprint density at radius 2 is 1.93 bits per heavy atom. The third-order valence-electron chi connectivity index (χ3n) is 4.16. The van der Waals surface area contributed by atoms with Crippen LogP contribution in [-0.4, -0.2) is 22.0 Å². The summed E-state index contributed by atoms with van der Waals surface area (Å²) in [5, 5.41) is 2.35. The van der Waals surface area contributed by atoms with Crippen LogP contribution in [0.1, 0.15) is 18.4 Å². The molecule has 7 nitrogen and oxygen atoms in total. The van der Waals surface area contributed by atoms with Gasteiger partial charge in [-0.2, -0.15) is 0 Å². The number of anilines is 1. The lowest BCUT2D eigenvalue weighted by molar-refractivity contribution is -0.123. The van der Waals surface area contributed by atoms with E-state index in [9.17, 15) is 14.4 Å². The molecule has 1 aliphatic rings. The molecule has 3 amide bonds. The van der Waals surface area contributed by atoms with Crippen LogP contribution in [0, 0.1) is 0 Å². The van der Waals surface area contributed by atoms with E-state index in [-0.39, 0.29) is 23.6 Å². The fourth-order valence-electron chi connectivity index (χ4n) is 2.83. The molecule has 1 N–H and O–H groups in total. The highest BCUT2D eigenvalue weighted by Gasteiger charge is 2.35. The van der Waals surface area contributed by atoms with Gasteiger partial charge in [0.25, 0.3) is 11.1 Å². The zero-order valence-corrected chi connectivity index (χ0v) is 16.2. The molecule has 0 atom stereocenters. The number of carbonyl (C=O) groups is 3. The van der Waals surface area contributed by atoms with Crippen molar-refractivity contribution in [2.75, 3.05) is 5.32 Å². The fraction of sp³-hybridized carbons (Fsp3) is 0.0952. The third kappa shape index (κ3) is 4.17. The molecule has 1 saturated heterocycles. The standard InChI is InChI=1S/C21H16N2O5S/c1-13(24)22-15-6-4-14(5-7-15)18-9-8-16(28-18)11-19-20(25)23(21(26)29-19)12-17-3-2-10-27-17/h2-11H,12H2,1H3,(H,22,24). The van der Waals surface area contributed by atoms with E-state index < -0.39 is 0 Å². The van der Waals surface area contributed by atoms with Crippen molar-refractivity contribution in [3.05, 3.63) is 71.2 Å². The SMILES string of the molecule is CC(=O)Nc1ccc(-c2ccc(C=C3SC(=O)N(Cc4ccco4)C3=O)o2)cc1. The Balaban J connectivity index is 1.49. The molecule has 0 spiro atoms. The van der Waals surface area contributed by atoms with Crippen LogP contribution in [0.25, 0.3) is 17.4 Å². The van der Waals surface area contributed by atoms with Crippen molar-refractivity contribution in [2.24, 2.45) is 0 Å². The van der Waals surface area contributed by atoms with Crippen LogP contribution in [0.5, 0.6) is 0 Å². The van der Waals surface area contributed by atoms with Crippen LogP contribution in [0.15, 0.2) is 68.5 Å². The second kappa shape index (κ2) is 7.84.